The quantitative estimate of drug-likeness (QED) is 0.841. The molecule has 1 atom stereocenters. The molecule has 0 bridgehead atoms. The normalized spacial score (nSPS) is 14.7. The predicted octanol–water partition coefficient (Wildman–Crippen LogP) is 2.89. The van der Waals surface area contributed by atoms with Gasteiger partial charge in [0.25, 0.3) is 0 Å². The molecular formula is C16H22N2O2S. The Morgan fingerprint density at radius 1 is 1.14 bits per heavy atom. The van der Waals surface area contributed by atoms with E-state index in [9.17, 15) is 9.59 Å². The van der Waals surface area contributed by atoms with Gasteiger partial charge in [0.1, 0.15) is 0 Å². The number of nitrogens with one attached hydrogen (secondary N) is 2. The summed E-state index contributed by atoms with van der Waals surface area (Å²) in [6.07, 6.45) is 3.50. The molecule has 2 rings (SSSR count). The molecule has 21 heavy (non-hydrogen) atoms. The number of carbonyl (C=O) groups excluding carboxylic acids is 2. The van der Waals surface area contributed by atoms with Gasteiger partial charge in [-0.15, -0.1) is 11.8 Å². The van der Waals surface area contributed by atoms with E-state index in [2.05, 4.69) is 28.8 Å². The summed E-state index contributed by atoms with van der Waals surface area (Å²) in [5.74, 6) is -0.265. The monoisotopic (exact) mass is 306 g/mol. The maximum Gasteiger partial charge on any atom is 0.321 e. The van der Waals surface area contributed by atoms with E-state index in [0.29, 0.717) is 0 Å². The first-order valence-electron chi connectivity index (χ1n) is 7.35. The number of hydrogen-bond donors (Lipinski definition) is 2. The highest BCUT2D eigenvalue weighted by Crippen LogP contribution is 2.29. The molecule has 0 unspecified atom stereocenters. The second kappa shape index (κ2) is 6.98. The van der Waals surface area contributed by atoms with Gasteiger partial charge >= 0.3 is 6.03 Å². The number of urea groups is 1. The second-order valence-electron chi connectivity index (χ2n) is 5.66. The molecule has 2 N–H and O–H groups in total. The Kier molecular flexibility index (Phi) is 5.28. The van der Waals surface area contributed by atoms with Gasteiger partial charge in [0.15, 0.2) is 0 Å². The number of amides is 3. The molecule has 1 aromatic rings. The van der Waals surface area contributed by atoms with E-state index < -0.39 is 6.03 Å². The van der Waals surface area contributed by atoms with Crippen LogP contribution in [0, 0.1) is 0 Å². The molecule has 1 aliphatic rings. The smallest absolute Gasteiger partial charge is 0.321 e. The minimum absolute atomic E-state index is 0.0115. The van der Waals surface area contributed by atoms with E-state index >= 15 is 0 Å². The van der Waals surface area contributed by atoms with Gasteiger partial charge in [0.2, 0.25) is 5.91 Å². The Morgan fingerprint density at radius 3 is 2.57 bits per heavy atom. The molecule has 0 radical (unpaired) electrons. The first kappa shape index (κ1) is 15.9. The van der Waals surface area contributed by atoms with Gasteiger partial charge in [-0.2, -0.15) is 0 Å². The van der Waals surface area contributed by atoms with Crippen LogP contribution in [0.1, 0.15) is 38.3 Å². The number of imide groups is 1. The topological polar surface area (TPSA) is 58.2 Å². The minimum Gasteiger partial charge on any atom is -0.336 e. The molecule has 0 fully saturated rings. The van der Waals surface area contributed by atoms with Crippen LogP contribution in [0.4, 0.5) is 4.79 Å². The largest absolute Gasteiger partial charge is 0.336 e. The lowest BCUT2D eigenvalue weighted by molar-refractivity contribution is -0.119. The molecule has 114 valence electrons. The average molecular weight is 306 g/mol. The van der Waals surface area contributed by atoms with Crippen LogP contribution in [0.25, 0.3) is 0 Å². The number of carbonyl (C=O) groups is 2. The molecule has 4 nitrogen and oxygen atoms in total. The lowest BCUT2D eigenvalue weighted by Gasteiger charge is -2.13. The van der Waals surface area contributed by atoms with Gasteiger partial charge in [0.05, 0.1) is 5.25 Å². The Morgan fingerprint density at radius 2 is 1.86 bits per heavy atom. The zero-order valence-corrected chi connectivity index (χ0v) is 13.5. The van der Waals surface area contributed by atoms with Crippen LogP contribution in [-0.2, 0) is 17.6 Å². The standard InChI is InChI=1S/C16H22N2O2S/c1-10(2)17-16(20)18-15(19)11(3)21-14-8-7-12-5-4-6-13(12)9-14/h7-11H,4-6H2,1-3H3,(H2,17,18,19,20)/t11-/m0/s1. The summed E-state index contributed by atoms with van der Waals surface area (Å²) >= 11 is 1.49. The molecule has 0 saturated carbocycles. The summed E-state index contributed by atoms with van der Waals surface area (Å²) in [7, 11) is 0. The van der Waals surface area contributed by atoms with Crippen LogP contribution in [0.15, 0.2) is 23.1 Å². The van der Waals surface area contributed by atoms with Gasteiger partial charge in [-0.25, -0.2) is 4.79 Å². The number of fused-ring (bicyclic) bond motifs is 1. The van der Waals surface area contributed by atoms with Gasteiger partial charge in [-0.05, 0) is 63.3 Å². The molecule has 1 aromatic carbocycles. The average Bonchev–Trinajstić information content (AvgIpc) is 2.84. The Bertz CT molecular complexity index is 543. The summed E-state index contributed by atoms with van der Waals surface area (Å²) in [5, 5.41) is 4.72. The SMILES string of the molecule is CC(C)NC(=O)NC(=O)[C@H](C)Sc1ccc2c(c1)CCC2. The number of rotatable bonds is 4. The fourth-order valence-corrected chi connectivity index (χ4v) is 3.32. The molecular weight excluding hydrogens is 284 g/mol. The zero-order valence-electron chi connectivity index (χ0n) is 12.7. The van der Waals surface area contributed by atoms with Crippen molar-refractivity contribution >= 4 is 23.7 Å². The lowest BCUT2D eigenvalue weighted by Crippen LogP contribution is -2.45. The van der Waals surface area contributed by atoms with Gasteiger partial charge in [0, 0.05) is 10.9 Å². The summed E-state index contributed by atoms with van der Waals surface area (Å²) in [6.45, 7) is 5.52. The molecule has 0 saturated heterocycles. The van der Waals surface area contributed by atoms with Crippen molar-refractivity contribution in [1.29, 1.82) is 0 Å². The molecule has 3 amide bonds. The molecule has 0 aromatic heterocycles. The van der Waals surface area contributed by atoms with Crippen molar-refractivity contribution in [1.82, 2.24) is 10.6 Å². The third kappa shape index (κ3) is 4.49. The van der Waals surface area contributed by atoms with E-state index in [0.717, 1.165) is 17.7 Å². The summed E-state index contributed by atoms with van der Waals surface area (Å²) < 4.78 is 0. The molecule has 0 heterocycles. The fourth-order valence-electron chi connectivity index (χ4n) is 2.39. The zero-order chi connectivity index (χ0) is 15.4. The van der Waals surface area contributed by atoms with Crippen molar-refractivity contribution < 1.29 is 9.59 Å². The Labute approximate surface area is 130 Å². The van der Waals surface area contributed by atoms with Crippen molar-refractivity contribution in [3.8, 4) is 0 Å². The summed E-state index contributed by atoms with van der Waals surface area (Å²) in [6, 6.07) is 5.97. The van der Waals surface area contributed by atoms with E-state index in [4.69, 9.17) is 0 Å². The lowest BCUT2D eigenvalue weighted by atomic mass is 10.1. The maximum atomic E-state index is 12.0. The predicted molar refractivity (Wildman–Crippen MR) is 85.6 cm³/mol. The number of benzene rings is 1. The second-order valence-corrected chi connectivity index (χ2v) is 7.08. The Hall–Kier alpha value is -1.49. The van der Waals surface area contributed by atoms with Crippen LogP contribution in [0.5, 0.6) is 0 Å². The Balaban J connectivity index is 1.90. The van der Waals surface area contributed by atoms with Gasteiger partial charge in [-0.3, -0.25) is 10.1 Å². The maximum absolute atomic E-state index is 12.0. The molecule has 1 aliphatic carbocycles. The van der Waals surface area contributed by atoms with Crippen molar-refractivity contribution in [3.05, 3.63) is 29.3 Å². The van der Waals surface area contributed by atoms with Crippen molar-refractivity contribution in [2.75, 3.05) is 0 Å². The highest BCUT2D eigenvalue weighted by Gasteiger charge is 2.18. The van der Waals surface area contributed by atoms with Crippen LogP contribution in [0.3, 0.4) is 0 Å². The molecule has 5 heteroatoms. The van der Waals surface area contributed by atoms with E-state index in [1.54, 1.807) is 0 Å². The van der Waals surface area contributed by atoms with E-state index in [1.165, 1.54) is 29.3 Å². The van der Waals surface area contributed by atoms with Crippen LogP contribution >= 0.6 is 11.8 Å². The molecule has 0 spiro atoms. The number of aryl methyl sites for hydroxylation is 2. The first-order chi connectivity index (χ1) is 9.95. The fraction of sp³-hybridized carbons (Fsp3) is 0.500. The third-order valence-electron chi connectivity index (χ3n) is 3.41. The third-order valence-corrected chi connectivity index (χ3v) is 4.50. The molecule has 0 aliphatic heterocycles. The van der Waals surface area contributed by atoms with Gasteiger partial charge in [-0.1, -0.05) is 6.07 Å². The summed E-state index contributed by atoms with van der Waals surface area (Å²) in [4.78, 5) is 24.6. The summed E-state index contributed by atoms with van der Waals surface area (Å²) in [5.41, 5.74) is 2.82. The highest BCUT2D eigenvalue weighted by atomic mass is 32.2. The van der Waals surface area contributed by atoms with Crippen molar-refractivity contribution in [2.24, 2.45) is 0 Å². The first-order valence-corrected chi connectivity index (χ1v) is 8.23. The van der Waals surface area contributed by atoms with Crippen LogP contribution < -0.4 is 10.6 Å². The van der Waals surface area contributed by atoms with E-state index in [-0.39, 0.29) is 17.2 Å². The van der Waals surface area contributed by atoms with E-state index in [1.807, 2.05) is 20.8 Å². The van der Waals surface area contributed by atoms with Crippen molar-refractivity contribution in [3.63, 3.8) is 0 Å². The number of thioether (sulfide) groups is 1. The van der Waals surface area contributed by atoms with Crippen LogP contribution in [-0.4, -0.2) is 23.2 Å². The van der Waals surface area contributed by atoms with Crippen LogP contribution in [0.2, 0.25) is 0 Å². The minimum atomic E-state index is -0.434. The van der Waals surface area contributed by atoms with Gasteiger partial charge < -0.3 is 5.32 Å². The van der Waals surface area contributed by atoms with Crippen molar-refractivity contribution in [2.45, 2.75) is 56.2 Å². The highest BCUT2D eigenvalue weighted by molar-refractivity contribution is 8.00. The number of hydrogen-bond acceptors (Lipinski definition) is 3.